The standard InChI is InChI=1S/C30H34N4O7/c35-27(32-26-16-23(33-34-26)20-9-12-22(15-20)41-30(36)31-21-10-11-21)18-40-25-8-4-7-24(28(25)29-37-13-14-38-29)39-17-19-5-2-1-3-6-19/h1-8,16,20-22,29H,9-15,17-18H2,(H,31,36)(H2,32,33,34,35)/t20-,22+/m0/s1. The molecule has 2 heterocycles. The molecule has 6 rings (SSSR count). The van der Waals surface area contributed by atoms with E-state index in [1.165, 1.54) is 0 Å². The van der Waals surface area contributed by atoms with Gasteiger partial charge in [-0.15, -0.1) is 0 Å². The number of carbonyl (C=O) groups is 2. The minimum absolute atomic E-state index is 0.122. The number of H-pyrrole nitrogens is 1. The molecule has 2 saturated carbocycles. The quantitative estimate of drug-likeness (QED) is 0.309. The number of hydrogen-bond donors (Lipinski definition) is 3. The molecule has 0 spiro atoms. The Morgan fingerprint density at radius 1 is 0.951 bits per heavy atom. The number of aromatic nitrogens is 2. The summed E-state index contributed by atoms with van der Waals surface area (Å²) in [6, 6.07) is 17.3. The molecule has 11 nitrogen and oxygen atoms in total. The molecule has 2 atom stereocenters. The summed E-state index contributed by atoms with van der Waals surface area (Å²) in [6.45, 7) is 1.05. The molecule has 0 radical (unpaired) electrons. The molecule has 216 valence electrons. The average molecular weight is 563 g/mol. The van der Waals surface area contributed by atoms with Crippen LogP contribution in [-0.4, -0.2) is 54.2 Å². The van der Waals surface area contributed by atoms with E-state index in [-0.39, 0.29) is 36.7 Å². The van der Waals surface area contributed by atoms with Gasteiger partial charge in [0.25, 0.3) is 5.91 Å². The van der Waals surface area contributed by atoms with E-state index in [2.05, 4.69) is 20.8 Å². The zero-order valence-electron chi connectivity index (χ0n) is 22.7. The minimum atomic E-state index is -0.645. The molecule has 3 N–H and O–H groups in total. The number of ether oxygens (including phenoxy) is 5. The van der Waals surface area contributed by atoms with Gasteiger partial charge in [-0.2, -0.15) is 5.10 Å². The third kappa shape index (κ3) is 7.17. The van der Waals surface area contributed by atoms with E-state index in [1.54, 1.807) is 12.1 Å². The molecule has 2 aromatic carbocycles. The lowest BCUT2D eigenvalue weighted by Gasteiger charge is -2.19. The van der Waals surface area contributed by atoms with Gasteiger partial charge in [0.15, 0.2) is 18.7 Å². The van der Waals surface area contributed by atoms with Gasteiger partial charge in [-0.25, -0.2) is 4.79 Å². The normalized spacial score (nSPS) is 20.5. The summed E-state index contributed by atoms with van der Waals surface area (Å²) in [4.78, 5) is 24.7. The van der Waals surface area contributed by atoms with Gasteiger partial charge in [0.2, 0.25) is 0 Å². The maximum absolute atomic E-state index is 12.8. The van der Waals surface area contributed by atoms with Gasteiger partial charge in [-0.3, -0.25) is 9.89 Å². The Kier molecular flexibility index (Phi) is 8.33. The number of aromatic amines is 1. The van der Waals surface area contributed by atoms with E-state index in [1.807, 2.05) is 42.5 Å². The van der Waals surface area contributed by atoms with Crippen LogP contribution in [-0.2, 0) is 25.6 Å². The second kappa shape index (κ2) is 12.6. The lowest BCUT2D eigenvalue weighted by Crippen LogP contribution is -2.29. The van der Waals surface area contributed by atoms with Crippen molar-refractivity contribution in [2.45, 2.75) is 63.1 Å². The van der Waals surface area contributed by atoms with Crippen molar-refractivity contribution in [1.82, 2.24) is 15.5 Å². The molecule has 0 unspecified atom stereocenters. The number of rotatable bonds is 11. The zero-order valence-corrected chi connectivity index (χ0v) is 22.7. The molecule has 1 aromatic heterocycles. The van der Waals surface area contributed by atoms with Crippen LogP contribution in [0.2, 0.25) is 0 Å². The summed E-state index contributed by atoms with van der Waals surface area (Å²) in [5.74, 6) is 1.24. The highest BCUT2D eigenvalue weighted by atomic mass is 16.7. The minimum Gasteiger partial charge on any atom is -0.488 e. The first-order valence-corrected chi connectivity index (χ1v) is 14.1. The van der Waals surface area contributed by atoms with Gasteiger partial charge in [0, 0.05) is 23.7 Å². The molecule has 3 fully saturated rings. The van der Waals surface area contributed by atoms with Crippen molar-refractivity contribution in [2.75, 3.05) is 25.1 Å². The summed E-state index contributed by atoms with van der Waals surface area (Å²) >= 11 is 0. The summed E-state index contributed by atoms with van der Waals surface area (Å²) in [5, 5.41) is 12.9. The van der Waals surface area contributed by atoms with Crippen LogP contribution in [0.15, 0.2) is 54.6 Å². The van der Waals surface area contributed by atoms with Crippen LogP contribution in [0.5, 0.6) is 11.5 Å². The van der Waals surface area contributed by atoms with Crippen LogP contribution in [0.25, 0.3) is 0 Å². The Balaban J connectivity index is 1.03. The van der Waals surface area contributed by atoms with Crippen LogP contribution in [0.1, 0.15) is 61.1 Å². The van der Waals surface area contributed by atoms with Crippen molar-refractivity contribution >= 4 is 17.8 Å². The number of benzene rings is 2. The average Bonchev–Trinajstić information content (AvgIpc) is 3.36. The molecule has 3 aromatic rings. The summed E-state index contributed by atoms with van der Waals surface area (Å²) in [7, 11) is 0. The Morgan fingerprint density at radius 2 is 1.73 bits per heavy atom. The van der Waals surface area contributed by atoms with E-state index in [0.29, 0.717) is 49.1 Å². The monoisotopic (exact) mass is 562 g/mol. The number of nitrogens with one attached hydrogen (secondary N) is 3. The van der Waals surface area contributed by atoms with Crippen LogP contribution in [0, 0.1) is 0 Å². The summed E-state index contributed by atoms with van der Waals surface area (Å²) in [5.41, 5.74) is 2.53. The fraction of sp³-hybridized carbons (Fsp3) is 0.433. The first kappa shape index (κ1) is 27.1. The molecular formula is C30H34N4O7. The van der Waals surface area contributed by atoms with E-state index < -0.39 is 6.29 Å². The highest BCUT2D eigenvalue weighted by molar-refractivity contribution is 5.91. The van der Waals surface area contributed by atoms with Gasteiger partial charge in [-0.05, 0) is 49.8 Å². The van der Waals surface area contributed by atoms with Gasteiger partial charge in [-0.1, -0.05) is 36.4 Å². The molecular weight excluding hydrogens is 528 g/mol. The zero-order chi connectivity index (χ0) is 28.0. The maximum atomic E-state index is 12.8. The van der Waals surface area contributed by atoms with E-state index >= 15 is 0 Å². The fourth-order valence-electron chi connectivity index (χ4n) is 5.11. The predicted octanol–water partition coefficient (Wildman–Crippen LogP) is 4.58. The summed E-state index contributed by atoms with van der Waals surface area (Å²) < 4.78 is 29.1. The molecule has 1 saturated heterocycles. The highest BCUT2D eigenvalue weighted by Crippen LogP contribution is 2.39. The van der Waals surface area contributed by atoms with E-state index in [0.717, 1.165) is 36.9 Å². The first-order valence-electron chi connectivity index (χ1n) is 14.1. The van der Waals surface area contributed by atoms with Crippen molar-refractivity contribution in [3.05, 3.63) is 71.4 Å². The molecule has 1 aliphatic heterocycles. The number of alkyl carbamates (subject to hydrolysis) is 1. The van der Waals surface area contributed by atoms with Gasteiger partial charge < -0.3 is 34.3 Å². The second-order valence-electron chi connectivity index (χ2n) is 10.5. The first-order chi connectivity index (χ1) is 20.1. The van der Waals surface area contributed by atoms with Crippen LogP contribution < -0.4 is 20.1 Å². The van der Waals surface area contributed by atoms with Crippen molar-refractivity contribution in [1.29, 1.82) is 0 Å². The molecule has 0 bridgehead atoms. The molecule has 11 heteroatoms. The van der Waals surface area contributed by atoms with Gasteiger partial charge >= 0.3 is 6.09 Å². The number of anilines is 1. The topological polar surface area (TPSA) is 133 Å². The lowest BCUT2D eigenvalue weighted by molar-refractivity contribution is -0.118. The number of carbonyl (C=O) groups excluding carboxylic acids is 2. The smallest absolute Gasteiger partial charge is 0.407 e. The largest absolute Gasteiger partial charge is 0.488 e. The van der Waals surface area contributed by atoms with Crippen LogP contribution >= 0.6 is 0 Å². The molecule has 3 aliphatic rings. The number of hydrogen-bond acceptors (Lipinski definition) is 8. The molecule has 2 amide bonds. The maximum Gasteiger partial charge on any atom is 0.407 e. The Bertz CT molecular complexity index is 1340. The van der Waals surface area contributed by atoms with Crippen LogP contribution in [0.3, 0.4) is 0 Å². The van der Waals surface area contributed by atoms with E-state index in [4.69, 9.17) is 23.7 Å². The Labute approximate surface area is 237 Å². The fourth-order valence-corrected chi connectivity index (χ4v) is 5.11. The van der Waals surface area contributed by atoms with Gasteiger partial charge in [0.1, 0.15) is 24.2 Å². The van der Waals surface area contributed by atoms with Crippen molar-refractivity contribution in [2.24, 2.45) is 0 Å². The van der Waals surface area contributed by atoms with Crippen molar-refractivity contribution in [3.63, 3.8) is 0 Å². The van der Waals surface area contributed by atoms with Crippen molar-refractivity contribution < 1.29 is 33.3 Å². The predicted molar refractivity (Wildman–Crippen MR) is 148 cm³/mol. The third-order valence-corrected chi connectivity index (χ3v) is 7.34. The Hall–Kier alpha value is -4.09. The third-order valence-electron chi connectivity index (χ3n) is 7.34. The molecule has 2 aliphatic carbocycles. The van der Waals surface area contributed by atoms with E-state index in [9.17, 15) is 9.59 Å². The number of nitrogens with zero attached hydrogens (tertiary/aromatic N) is 1. The second-order valence-corrected chi connectivity index (χ2v) is 10.5. The SMILES string of the molecule is O=C(COc1cccc(OCc2ccccc2)c1C1OCCO1)Nc1cc([C@H]2CC[C@@H](OC(=O)NC3CC3)C2)[nH]n1. The number of amides is 2. The Morgan fingerprint density at radius 3 is 2.51 bits per heavy atom. The van der Waals surface area contributed by atoms with Gasteiger partial charge in [0.05, 0.1) is 18.8 Å². The molecule has 41 heavy (non-hydrogen) atoms. The lowest BCUT2D eigenvalue weighted by atomic mass is 10.0. The summed E-state index contributed by atoms with van der Waals surface area (Å²) in [6.07, 6.45) is 3.33. The van der Waals surface area contributed by atoms with Crippen molar-refractivity contribution in [3.8, 4) is 11.5 Å². The van der Waals surface area contributed by atoms with Crippen LogP contribution in [0.4, 0.5) is 10.6 Å². The highest BCUT2D eigenvalue weighted by Gasteiger charge is 2.32.